The van der Waals surface area contributed by atoms with Crippen LogP contribution in [0.3, 0.4) is 0 Å². The van der Waals surface area contributed by atoms with Gasteiger partial charge in [0.1, 0.15) is 23.1 Å². The van der Waals surface area contributed by atoms with Crippen LogP contribution in [0.4, 0.5) is 26.3 Å². The number of aliphatic imine (C=N–C) groups is 2. The van der Waals surface area contributed by atoms with Gasteiger partial charge in [-0.25, -0.2) is 13.8 Å². The SMILES string of the molecule is C.C.C#CC.CC#Cc1cc(C2(c3ccc(OC(F)F)cc3)N=C(N)N(C)C2=O)ccc1F.CN=C(N)N.O=C(C(=O)c1ccc(F)c(Br)c1)c1ccc(OC(F)F)cc1.O=[S-](=O)[O-].[Na+].[Na+]. The van der Waals surface area contributed by atoms with Gasteiger partial charge in [-0.05, 0) is 108 Å². The number of carbonyl (C=O) groups is 3. The van der Waals surface area contributed by atoms with E-state index in [1.54, 1.807) is 13.8 Å². The van der Waals surface area contributed by atoms with Crippen molar-refractivity contribution in [3.05, 3.63) is 129 Å². The first kappa shape index (κ1) is 67.7. The maximum absolute atomic E-state index is 14.0. The molecule has 1 unspecified atom stereocenters. The normalized spacial score (nSPS) is 12.6. The Morgan fingerprint density at radius 2 is 1.23 bits per heavy atom. The summed E-state index contributed by atoms with van der Waals surface area (Å²) in [5.74, 6) is 4.21. The number of guanidine groups is 2. The molecule has 1 atom stereocenters. The number of rotatable bonds is 9. The molecule has 6 N–H and O–H groups in total. The van der Waals surface area contributed by atoms with Crippen molar-refractivity contribution in [1.29, 1.82) is 0 Å². The molecule has 346 valence electrons. The van der Waals surface area contributed by atoms with Crippen LogP contribution in [0.1, 0.15) is 66.1 Å². The number of nitrogens with two attached hydrogens (primary N) is 3. The third kappa shape index (κ3) is 21.2. The maximum atomic E-state index is 14.0. The number of nitrogens with zero attached hydrogens (tertiary/aromatic N) is 3. The van der Waals surface area contributed by atoms with Crippen molar-refractivity contribution in [3.63, 3.8) is 0 Å². The second kappa shape index (κ2) is 33.6. The Balaban J connectivity index is -0.000000452. The Labute approximate surface area is 433 Å². The second-order valence-corrected chi connectivity index (χ2v) is 12.6. The van der Waals surface area contributed by atoms with E-state index in [0.717, 1.165) is 18.2 Å². The predicted molar refractivity (Wildman–Crippen MR) is 232 cm³/mol. The van der Waals surface area contributed by atoms with Gasteiger partial charge in [-0.2, -0.15) is 28.5 Å². The number of Topliss-reactive ketones (excluding diaryl/α,β-unsaturated/α-hetero) is 2. The first-order chi connectivity index (χ1) is 29.1. The predicted octanol–water partition coefficient (Wildman–Crippen LogP) is 1.32. The number of carbonyl (C=O) groups excluding carboxylic acids is 3. The quantitative estimate of drug-likeness (QED) is 0.0207. The molecule has 1 aliphatic heterocycles. The summed E-state index contributed by atoms with van der Waals surface area (Å²) in [5, 5.41) is 0. The first-order valence-electron chi connectivity index (χ1n) is 16.7. The van der Waals surface area contributed by atoms with E-state index >= 15 is 0 Å². The summed E-state index contributed by atoms with van der Waals surface area (Å²) in [6.45, 7) is -2.73. The van der Waals surface area contributed by atoms with Gasteiger partial charge in [-0.15, -0.1) is 18.3 Å². The Morgan fingerprint density at radius 1 is 0.833 bits per heavy atom. The molecule has 24 heteroatoms. The number of likely N-dealkylation sites (N-methyl/N-ethyl adjacent to an activating group) is 1. The molecule has 0 aromatic heterocycles. The third-order valence-corrected chi connectivity index (χ3v) is 7.98. The van der Waals surface area contributed by atoms with Gasteiger partial charge in [0, 0.05) is 25.2 Å². The number of ether oxygens (including phenoxy) is 2. The third-order valence-electron chi connectivity index (χ3n) is 7.37. The Bertz CT molecular complexity index is 2440. The molecule has 0 spiro atoms. The van der Waals surface area contributed by atoms with E-state index in [1.807, 2.05) is 0 Å². The number of halogens is 7. The van der Waals surface area contributed by atoms with Crippen molar-refractivity contribution < 1.29 is 122 Å². The van der Waals surface area contributed by atoms with E-state index in [-0.39, 0.29) is 119 Å². The van der Waals surface area contributed by atoms with Gasteiger partial charge in [0.15, 0.2) is 17.5 Å². The number of amides is 1. The summed E-state index contributed by atoms with van der Waals surface area (Å²) in [6, 6.07) is 17.7. The average molecular weight is 1030 g/mol. The molecule has 0 aliphatic carbocycles. The molecule has 5 rings (SSSR count). The minimum Gasteiger partial charge on any atom is -0.917 e. The van der Waals surface area contributed by atoms with Crippen molar-refractivity contribution in [2.75, 3.05) is 14.1 Å². The minimum absolute atomic E-state index is 0. The van der Waals surface area contributed by atoms with Gasteiger partial charge in [0.2, 0.25) is 11.6 Å². The van der Waals surface area contributed by atoms with Gasteiger partial charge < -0.3 is 39.6 Å². The number of alkyl halides is 4. The standard InChI is InChI=1S/C20H16F3N3O2.C15H8BrF3O3.C3H4.C2H7N3.2CH4.2Na.O3S/c1-3-4-12-11-14(7-10-16(12)21)20(17(27)26(2)19(24)25-20)13-5-8-15(9-6-13)28-18(22)23;16-11-7-9(3-6-12(11)17)14(21)13(20)8-1-4-10(5-2-8)22-15(18)19;1-3-2;1-5-2(3)4;;;;;1-4(2)3/h5-11,18H,1-2H3,(H2,24,25);1-7,15H;1H,2H3;1H3,(H4,3,4,5);2*1H4;;;/q;;;;;;2*+1;-2. The maximum Gasteiger partial charge on any atom is 1.00 e. The van der Waals surface area contributed by atoms with E-state index in [2.05, 4.69) is 59.6 Å². The summed E-state index contributed by atoms with van der Waals surface area (Å²) >= 11 is 2.93. The summed E-state index contributed by atoms with van der Waals surface area (Å²) in [7, 11) is -0.108. The second-order valence-electron chi connectivity index (χ2n) is 11.3. The zero-order valence-electron chi connectivity index (χ0n) is 34.7. The monoisotopic (exact) mass is 1030 g/mol. The van der Waals surface area contributed by atoms with Crippen molar-refractivity contribution in [1.82, 2.24) is 4.90 Å². The first-order valence-corrected chi connectivity index (χ1v) is 18.5. The molecule has 0 saturated heterocycles. The average Bonchev–Trinajstić information content (AvgIpc) is 3.44. The number of hydrogen-bond acceptors (Lipinski definition) is 12. The molecule has 14 nitrogen and oxygen atoms in total. The fourth-order valence-corrected chi connectivity index (χ4v) is 5.11. The Kier molecular flexibility index (Phi) is 34.4. The number of ketones is 2. The minimum atomic E-state index is -3.11. The number of hydrogen-bond donors (Lipinski definition) is 3. The van der Waals surface area contributed by atoms with Crippen molar-refractivity contribution in [2.45, 2.75) is 47.5 Å². The molecule has 4 aromatic carbocycles. The van der Waals surface area contributed by atoms with Crippen LogP contribution >= 0.6 is 15.9 Å². The van der Waals surface area contributed by atoms with Gasteiger partial charge in [-0.3, -0.25) is 24.3 Å². The zero-order valence-corrected chi connectivity index (χ0v) is 41.1. The van der Waals surface area contributed by atoms with Crippen LogP contribution in [-0.4, -0.2) is 66.2 Å². The summed E-state index contributed by atoms with van der Waals surface area (Å²) in [5.41, 5.74) is 14.8. The van der Waals surface area contributed by atoms with E-state index < -0.39 is 58.9 Å². The Morgan fingerprint density at radius 3 is 1.61 bits per heavy atom. The molecule has 1 amide bonds. The van der Waals surface area contributed by atoms with E-state index in [9.17, 15) is 40.7 Å². The zero-order chi connectivity index (χ0) is 47.3. The molecular weight excluding hydrogens is 988 g/mol. The molecule has 0 fully saturated rings. The fourth-order valence-electron chi connectivity index (χ4n) is 4.73. The summed E-state index contributed by atoms with van der Waals surface area (Å²) < 4.78 is 110. The van der Waals surface area contributed by atoms with Gasteiger partial charge in [-0.1, -0.05) is 39.0 Å². The molecule has 0 bridgehead atoms. The number of terminal acetylenes is 1. The molecular formula is C42H43BrF6N6Na2O8S. The van der Waals surface area contributed by atoms with Crippen LogP contribution in [0, 0.1) is 35.8 Å². The molecule has 0 radical (unpaired) electrons. The van der Waals surface area contributed by atoms with Crippen LogP contribution < -0.4 is 85.8 Å². The molecule has 4 aromatic rings. The summed E-state index contributed by atoms with van der Waals surface area (Å²) in [4.78, 5) is 46.1. The summed E-state index contributed by atoms with van der Waals surface area (Å²) in [6.07, 6.45) is 4.60. The van der Waals surface area contributed by atoms with Crippen molar-refractivity contribution in [2.24, 2.45) is 27.2 Å². The molecule has 1 aliphatic rings. The van der Waals surface area contributed by atoms with Crippen LogP contribution in [0.15, 0.2) is 99.4 Å². The van der Waals surface area contributed by atoms with Gasteiger partial charge in [0.25, 0.3) is 5.91 Å². The molecule has 66 heavy (non-hydrogen) atoms. The Hall–Kier alpha value is -4.88. The fraction of sp³-hybridized carbons (Fsp3) is 0.214. The topological polar surface area (TPSA) is 233 Å². The van der Waals surface area contributed by atoms with E-state index in [0.29, 0.717) is 11.1 Å². The van der Waals surface area contributed by atoms with Crippen LogP contribution in [-0.2, 0) is 29.7 Å². The van der Waals surface area contributed by atoms with Crippen LogP contribution in [0.25, 0.3) is 0 Å². The van der Waals surface area contributed by atoms with Crippen LogP contribution in [0.5, 0.6) is 11.5 Å². The van der Waals surface area contributed by atoms with E-state index in [1.165, 1.54) is 85.7 Å². The van der Waals surface area contributed by atoms with Crippen molar-refractivity contribution in [3.8, 4) is 35.7 Å². The smallest absolute Gasteiger partial charge is 0.917 e. The van der Waals surface area contributed by atoms with Gasteiger partial charge >= 0.3 is 72.3 Å². The van der Waals surface area contributed by atoms with E-state index in [4.69, 9.17) is 30.2 Å². The molecule has 0 saturated carbocycles. The molecule has 1 heterocycles. The largest absolute Gasteiger partial charge is 1.00 e. The van der Waals surface area contributed by atoms with Crippen molar-refractivity contribution >= 4 is 56.3 Å². The number of benzene rings is 4. The van der Waals surface area contributed by atoms with Crippen LogP contribution in [0.2, 0.25) is 0 Å². The van der Waals surface area contributed by atoms with Gasteiger partial charge in [0.05, 0.1) is 10.0 Å².